The number of carbonyl (C=O) groups is 1. The smallest absolute Gasteiger partial charge is 0.335 e. The van der Waals surface area contributed by atoms with Crippen molar-refractivity contribution in [1.82, 2.24) is 4.57 Å². The van der Waals surface area contributed by atoms with Gasteiger partial charge in [0.25, 0.3) is 5.56 Å². The van der Waals surface area contributed by atoms with Gasteiger partial charge >= 0.3 is 5.97 Å². The number of phenolic OH excluding ortho intramolecular Hbond substituents is 1. The summed E-state index contributed by atoms with van der Waals surface area (Å²) in [6.45, 7) is 1.65. The topological polar surface area (TPSA) is 91.9 Å². The number of halogens is 2. The lowest BCUT2D eigenvalue weighted by Crippen LogP contribution is -2.39. The number of carboxylic acids is 1. The van der Waals surface area contributed by atoms with Gasteiger partial charge in [-0.2, -0.15) is 0 Å². The summed E-state index contributed by atoms with van der Waals surface area (Å²) in [5.41, 5.74) is 0.882. The summed E-state index contributed by atoms with van der Waals surface area (Å²) in [6.07, 6.45) is 1.70. The molecule has 0 amide bonds. The second kappa shape index (κ2) is 7.67. The van der Waals surface area contributed by atoms with E-state index in [-0.39, 0.29) is 16.9 Å². The molecule has 1 unspecified atom stereocenters. The molecule has 1 aliphatic rings. The number of aliphatic carboxylic acids is 1. The predicted molar refractivity (Wildman–Crippen MR) is 119 cm³/mol. The fourth-order valence-electron chi connectivity index (χ4n) is 3.13. The highest BCUT2D eigenvalue weighted by Gasteiger charge is 2.32. The van der Waals surface area contributed by atoms with Crippen molar-refractivity contribution in [3.8, 4) is 5.75 Å². The summed E-state index contributed by atoms with van der Waals surface area (Å²) in [5, 5.41) is 21.5. The molecule has 1 aromatic carbocycles. The van der Waals surface area contributed by atoms with E-state index in [9.17, 15) is 19.8 Å². The zero-order chi connectivity index (χ0) is 20.9. The minimum atomic E-state index is -1.09. The molecule has 3 aromatic rings. The van der Waals surface area contributed by atoms with Gasteiger partial charge in [0.05, 0.1) is 24.7 Å². The maximum absolute atomic E-state index is 13.2. The second-order valence-corrected chi connectivity index (χ2v) is 9.93. The first-order valence-electron chi connectivity index (χ1n) is 8.25. The van der Waals surface area contributed by atoms with Crippen molar-refractivity contribution in [2.75, 3.05) is 0 Å². The van der Waals surface area contributed by atoms with Gasteiger partial charge in [0.2, 0.25) is 0 Å². The molecular weight excluding hydrogens is 544 g/mol. The molecule has 0 bridgehead atoms. The largest absolute Gasteiger partial charge is 0.506 e. The first kappa shape index (κ1) is 20.3. The van der Waals surface area contributed by atoms with Crippen molar-refractivity contribution in [2.45, 2.75) is 13.0 Å². The molecule has 29 heavy (non-hydrogen) atoms. The van der Waals surface area contributed by atoms with Gasteiger partial charge in [-0.1, -0.05) is 17.4 Å². The summed E-state index contributed by atoms with van der Waals surface area (Å²) >= 11 is 9.17. The molecule has 148 valence electrons. The highest BCUT2D eigenvalue weighted by atomic mass is 79.9. The fraction of sp³-hybridized carbons (Fsp3) is 0.105. The normalized spacial score (nSPS) is 16.7. The van der Waals surface area contributed by atoms with E-state index in [0.717, 1.165) is 4.88 Å². The van der Waals surface area contributed by atoms with Gasteiger partial charge in [-0.25, -0.2) is 9.79 Å². The number of carboxylic acid groups (broad SMARTS) is 1. The Hall–Kier alpha value is -2.01. The van der Waals surface area contributed by atoms with Crippen LogP contribution < -0.4 is 14.9 Å². The van der Waals surface area contributed by atoms with E-state index in [1.807, 2.05) is 17.5 Å². The van der Waals surface area contributed by atoms with E-state index in [4.69, 9.17) is 0 Å². The van der Waals surface area contributed by atoms with Crippen LogP contribution in [0.4, 0.5) is 0 Å². The van der Waals surface area contributed by atoms with Crippen LogP contribution >= 0.6 is 54.5 Å². The number of hydrogen-bond donors (Lipinski definition) is 2. The van der Waals surface area contributed by atoms with Gasteiger partial charge in [0.1, 0.15) is 11.8 Å². The number of phenols is 1. The van der Waals surface area contributed by atoms with Gasteiger partial charge in [-0.15, -0.1) is 11.3 Å². The number of allylic oxidation sites excluding steroid dienone is 1. The molecule has 3 heterocycles. The lowest BCUT2D eigenvalue weighted by Gasteiger charge is -2.21. The second-order valence-electron chi connectivity index (χ2n) is 6.24. The number of fused-ring (bicyclic) bond motifs is 1. The molecule has 0 aliphatic carbocycles. The van der Waals surface area contributed by atoms with Gasteiger partial charge in [0, 0.05) is 4.88 Å². The summed E-state index contributed by atoms with van der Waals surface area (Å²) in [7, 11) is 0. The SMILES string of the molecule is CC1=C(C(=O)O)C(c2cccs2)n2c(sc(=Cc3cc(Br)c(O)c(Br)c3)c2=O)=N1. The first-order valence-corrected chi connectivity index (χ1v) is 11.5. The van der Waals surface area contributed by atoms with Crippen LogP contribution in [-0.4, -0.2) is 20.7 Å². The molecule has 0 saturated heterocycles. The summed E-state index contributed by atoms with van der Waals surface area (Å²) < 4.78 is 2.86. The van der Waals surface area contributed by atoms with Crippen molar-refractivity contribution in [3.63, 3.8) is 0 Å². The van der Waals surface area contributed by atoms with Crippen LogP contribution in [0.5, 0.6) is 5.75 Å². The Morgan fingerprint density at radius 3 is 2.59 bits per heavy atom. The molecule has 1 aliphatic heterocycles. The summed E-state index contributed by atoms with van der Waals surface area (Å²) in [4.78, 5) is 30.8. The van der Waals surface area contributed by atoms with Crippen LogP contribution in [0, 0.1) is 0 Å². The number of thiophene rings is 1. The van der Waals surface area contributed by atoms with E-state index in [0.29, 0.717) is 29.5 Å². The van der Waals surface area contributed by atoms with Crippen LogP contribution in [0.1, 0.15) is 23.4 Å². The molecule has 4 rings (SSSR count). The Bertz CT molecular complexity index is 1330. The quantitative estimate of drug-likeness (QED) is 0.516. The summed E-state index contributed by atoms with van der Waals surface area (Å²) in [5.74, 6) is -1.02. The van der Waals surface area contributed by atoms with Gasteiger partial charge < -0.3 is 10.2 Å². The average molecular weight is 556 g/mol. The third-order valence-corrected chi connectivity index (χ3v) is 7.52. The molecule has 10 heteroatoms. The lowest BCUT2D eigenvalue weighted by atomic mass is 10.0. The highest BCUT2D eigenvalue weighted by Crippen LogP contribution is 2.34. The average Bonchev–Trinajstić information content (AvgIpc) is 3.27. The van der Waals surface area contributed by atoms with Crippen LogP contribution in [0.15, 0.2) is 59.6 Å². The van der Waals surface area contributed by atoms with Crippen molar-refractivity contribution >= 4 is 66.6 Å². The first-order chi connectivity index (χ1) is 13.8. The fourth-order valence-corrected chi connectivity index (χ4v) is 6.22. The minimum absolute atomic E-state index is 0.0723. The number of aromatic hydroxyl groups is 1. The Balaban J connectivity index is 1.97. The lowest BCUT2D eigenvalue weighted by molar-refractivity contribution is -0.133. The van der Waals surface area contributed by atoms with Crippen LogP contribution in [0.2, 0.25) is 0 Å². The Morgan fingerprint density at radius 2 is 2.00 bits per heavy atom. The molecule has 1 atom stereocenters. The maximum atomic E-state index is 13.2. The number of nitrogens with zero attached hydrogens (tertiary/aromatic N) is 2. The van der Waals surface area contributed by atoms with Crippen molar-refractivity contribution in [1.29, 1.82) is 0 Å². The minimum Gasteiger partial charge on any atom is -0.506 e. The van der Waals surface area contributed by atoms with E-state index < -0.39 is 12.0 Å². The number of thiazole rings is 1. The van der Waals surface area contributed by atoms with E-state index >= 15 is 0 Å². The Labute approximate surface area is 189 Å². The third-order valence-electron chi connectivity index (χ3n) is 4.40. The van der Waals surface area contributed by atoms with Crippen molar-refractivity contribution < 1.29 is 15.0 Å². The highest BCUT2D eigenvalue weighted by molar-refractivity contribution is 9.11. The maximum Gasteiger partial charge on any atom is 0.335 e. The molecule has 0 radical (unpaired) electrons. The van der Waals surface area contributed by atoms with Crippen molar-refractivity contribution in [3.05, 3.63) is 80.0 Å². The molecule has 2 N–H and O–H groups in total. The van der Waals surface area contributed by atoms with Gasteiger partial charge in [-0.3, -0.25) is 9.36 Å². The van der Waals surface area contributed by atoms with E-state index in [1.54, 1.807) is 25.1 Å². The predicted octanol–water partition coefficient (Wildman–Crippen LogP) is 3.61. The molecule has 2 aromatic heterocycles. The molecule has 0 fully saturated rings. The Morgan fingerprint density at radius 1 is 1.31 bits per heavy atom. The van der Waals surface area contributed by atoms with Crippen molar-refractivity contribution in [2.24, 2.45) is 4.99 Å². The number of benzene rings is 1. The monoisotopic (exact) mass is 554 g/mol. The van der Waals surface area contributed by atoms with Gasteiger partial charge in [0.15, 0.2) is 4.80 Å². The number of aromatic nitrogens is 1. The third kappa shape index (κ3) is 3.54. The zero-order valence-electron chi connectivity index (χ0n) is 14.7. The zero-order valence-corrected chi connectivity index (χ0v) is 19.5. The van der Waals surface area contributed by atoms with E-state index in [2.05, 4.69) is 36.9 Å². The van der Waals surface area contributed by atoms with Crippen LogP contribution in [-0.2, 0) is 4.79 Å². The van der Waals surface area contributed by atoms with Crippen LogP contribution in [0.3, 0.4) is 0 Å². The molecule has 0 spiro atoms. The summed E-state index contributed by atoms with van der Waals surface area (Å²) in [6, 6.07) is 6.33. The number of hydrogen-bond acceptors (Lipinski definition) is 6. The van der Waals surface area contributed by atoms with Gasteiger partial charge in [-0.05, 0) is 74.0 Å². The molecule has 6 nitrogen and oxygen atoms in total. The Kier molecular flexibility index (Phi) is 5.36. The van der Waals surface area contributed by atoms with E-state index in [1.165, 1.54) is 27.2 Å². The molecular formula is C19H12Br2N2O4S2. The number of rotatable bonds is 3. The molecule has 0 saturated carbocycles. The van der Waals surface area contributed by atoms with Crippen LogP contribution in [0.25, 0.3) is 6.08 Å². The standard InChI is InChI=1S/C19H12Br2N2O4S2/c1-8-14(18(26)27)15(12-3-2-4-28-12)23-17(25)13(29-19(23)22-8)7-9-5-10(20)16(24)11(21)6-9/h2-7,15,24H,1H3,(H,26,27).